The second-order valence-electron chi connectivity index (χ2n) is 6.37. The van der Waals surface area contributed by atoms with Crippen molar-refractivity contribution in [2.24, 2.45) is 12.0 Å². The lowest BCUT2D eigenvalue weighted by Gasteiger charge is -2.22. The molecule has 0 spiro atoms. The van der Waals surface area contributed by atoms with Crippen LogP contribution in [-0.4, -0.2) is 35.4 Å². The number of hydrogen-bond donors (Lipinski definition) is 2. The number of rotatable bonds is 7. The zero-order valence-electron chi connectivity index (χ0n) is 16.5. The maximum Gasteiger partial charge on any atom is 0.224 e. The quantitative estimate of drug-likeness (QED) is 0.360. The molecule has 0 unspecified atom stereocenters. The summed E-state index contributed by atoms with van der Waals surface area (Å²) >= 11 is 0. The highest BCUT2D eigenvalue weighted by molar-refractivity contribution is 14.0. The first-order valence-corrected chi connectivity index (χ1v) is 8.94. The predicted octanol–water partition coefficient (Wildman–Crippen LogP) is 3.59. The van der Waals surface area contributed by atoms with Gasteiger partial charge in [-0.3, -0.25) is 9.79 Å². The fourth-order valence-corrected chi connectivity index (χ4v) is 2.75. The Morgan fingerprint density at radius 3 is 2.67 bits per heavy atom. The number of halogens is 1. The van der Waals surface area contributed by atoms with Gasteiger partial charge in [0.1, 0.15) is 0 Å². The Balaban J connectivity index is 0.00000364. The molecule has 1 aromatic carbocycles. The van der Waals surface area contributed by atoms with E-state index < -0.39 is 0 Å². The Hall–Kier alpha value is -2.03. The Morgan fingerprint density at radius 2 is 2.04 bits per heavy atom. The zero-order valence-corrected chi connectivity index (χ0v) is 18.9. The van der Waals surface area contributed by atoms with Crippen LogP contribution in [-0.2, 0) is 24.9 Å². The molecule has 1 aromatic heterocycles. The SMILES string of the molecule is CCCC(=O)Nc1cccc(CNC(=NC)N(C)Cc2cccn2C)c1.I. The summed E-state index contributed by atoms with van der Waals surface area (Å²) in [6, 6.07) is 12.0. The average molecular weight is 483 g/mol. The number of guanidine groups is 1. The molecule has 0 radical (unpaired) electrons. The predicted molar refractivity (Wildman–Crippen MR) is 122 cm³/mol. The molecule has 1 amide bonds. The summed E-state index contributed by atoms with van der Waals surface area (Å²) in [4.78, 5) is 18.2. The van der Waals surface area contributed by atoms with Gasteiger partial charge < -0.3 is 20.1 Å². The lowest BCUT2D eigenvalue weighted by Crippen LogP contribution is -2.38. The third-order valence-electron chi connectivity index (χ3n) is 4.16. The minimum atomic E-state index is 0. The number of benzene rings is 1. The van der Waals surface area contributed by atoms with E-state index in [4.69, 9.17) is 0 Å². The molecule has 1 heterocycles. The first-order chi connectivity index (χ1) is 12.5. The largest absolute Gasteiger partial charge is 0.353 e. The van der Waals surface area contributed by atoms with Gasteiger partial charge in [0.2, 0.25) is 5.91 Å². The van der Waals surface area contributed by atoms with E-state index in [2.05, 4.69) is 31.2 Å². The van der Waals surface area contributed by atoms with Crippen molar-refractivity contribution in [1.82, 2.24) is 14.8 Å². The van der Waals surface area contributed by atoms with Gasteiger partial charge in [-0.15, -0.1) is 24.0 Å². The maximum atomic E-state index is 11.7. The molecule has 0 saturated heterocycles. The monoisotopic (exact) mass is 483 g/mol. The van der Waals surface area contributed by atoms with Gasteiger partial charge in [-0.2, -0.15) is 0 Å². The molecule has 0 fully saturated rings. The van der Waals surface area contributed by atoms with Gasteiger partial charge >= 0.3 is 0 Å². The van der Waals surface area contributed by atoms with Gasteiger partial charge in [0, 0.05) is 51.7 Å². The Morgan fingerprint density at radius 1 is 1.26 bits per heavy atom. The Bertz CT molecular complexity index is 756. The average Bonchev–Trinajstić information content (AvgIpc) is 3.01. The van der Waals surface area contributed by atoms with E-state index in [-0.39, 0.29) is 29.9 Å². The Kier molecular flexibility index (Phi) is 9.92. The molecule has 2 aromatic rings. The van der Waals surface area contributed by atoms with Crippen molar-refractivity contribution in [1.29, 1.82) is 0 Å². The summed E-state index contributed by atoms with van der Waals surface area (Å²) in [6.45, 7) is 3.41. The number of aliphatic imine (C=N–C) groups is 1. The highest BCUT2D eigenvalue weighted by Gasteiger charge is 2.08. The van der Waals surface area contributed by atoms with Crippen LogP contribution in [0.25, 0.3) is 0 Å². The van der Waals surface area contributed by atoms with Crippen LogP contribution >= 0.6 is 24.0 Å². The fraction of sp³-hybridized carbons (Fsp3) is 0.400. The van der Waals surface area contributed by atoms with Crippen molar-refractivity contribution in [3.63, 3.8) is 0 Å². The smallest absolute Gasteiger partial charge is 0.224 e. The van der Waals surface area contributed by atoms with Gasteiger partial charge in [-0.25, -0.2) is 0 Å². The summed E-state index contributed by atoms with van der Waals surface area (Å²) in [7, 11) is 5.84. The van der Waals surface area contributed by atoms with Crippen molar-refractivity contribution >= 4 is 41.5 Å². The molecule has 2 N–H and O–H groups in total. The summed E-state index contributed by atoms with van der Waals surface area (Å²) < 4.78 is 2.10. The molecular formula is C20H30IN5O. The molecule has 0 aliphatic carbocycles. The molecule has 2 rings (SSSR count). The van der Waals surface area contributed by atoms with E-state index >= 15 is 0 Å². The van der Waals surface area contributed by atoms with E-state index in [1.165, 1.54) is 5.69 Å². The molecule has 0 saturated carbocycles. The van der Waals surface area contributed by atoms with Gasteiger partial charge in [-0.1, -0.05) is 19.1 Å². The van der Waals surface area contributed by atoms with Crippen LogP contribution in [0.1, 0.15) is 31.0 Å². The molecule has 6 nitrogen and oxygen atoms in total. The fourth-order valence-electron chi connectivity index (χ4n) is 2.75. The topological polar surface area (TPSA) is 61.7 Å². The number of carbonyl (C=O) groups excluding carboxylic acids is 1. The molecule has 27 heavy (non-hydrogen) atoms. The van der Waals surface area contributed by atoms with Crippen LogP contribution in [0.3, 0.4) is 0 Å². The van der Waals surface area contributed by atoms with Crippen LogP contribution in [0.15, 0.2) is 47.6 Å². The van der Waals surface area contributed by atoms with Crippen molar-refractivity contribution in [2.75, 3.05) is 19.4 Å². The standard InChI is InChI=1S/C20H29N5O.HI/c1-5-8-19(26)23-17-10-6-9-16(13-17)14-22-20(21-2)25(4)15-18-11-7-12-24(18)3;/h6-7,9-13H,5,8,14-15H2,1-4H3,(H,21,22)(H,23,26);1H. The summed E-state index contributed by atoms with van der Waals surface area (Å²) in [5, 5.41) is 6.31. The third kappa shape index (κ3) is 7.24. The van der Waals surface area contributed by atoms with Crippen molar-refractivity contribution in [3.05, 3.63) is 53.9 Å². The lowest BCUT2D eigenvalue weighted by molar-refractivity contribution is -0.116. The first-order valence-electron chi connectivity index (χ1n) is 8.94. The normalized spacial score (nSPS) is 10.9. The van der Waals surface area contributed by atoms with E-state index in [1.54, 1.807) is 7.05 Å². The third-order valence-corrected chi connectivity index (χ3v) is 4.16. The molecule has 148 valence electrons. The van der Waals surface area contributed by atoms with Gasteiger partial charge in [0.25, 0.3) is 0 Å². The van der Waals surface area contributed by atoms with E-state index in [0.717, 1.165) is 30.2 Å². The van der Waals surface area contributed by atoms with Crippen LogP contribution in [0.2, 0.25) is 0 Å². The van der Waals surface area contributed by atoms with Crippen molar-refractivity contribution < 1.29 is 4.79 Å². The molecule has 0 bridgehead atoms. The number of amides is 1. The molecule has 0 aliphatic rings. The highest BCUT2D eigenvalue weighted by atomic mass is 127. The molecule has 7 heteroatoms. The molecular weight excluding hydrogens is 453 g/mol. The summed E-state index contributed by atoms with van der Waals surface area (Å²) in [6.07, 6.45) is 3.42. The van der Waals surface area contributed by atoms with Gasteiger partial charge in [0.05, 0.1) is 6.54 Å². The number of anilines is 1. The van der Waals surface area contributed by atoms with E-state index in [1.807, 2.05) is 57.5 Å². The number of carbonyl (C=O) groups is 1. The van der Waals surface area contributed by atoms with Gasteiger partial charge in [-0.05, 0) is 36.2 Å². The highest BCUT2D eigenvalue weighted by Crippen LogP contribution is 2.11. The van der Waals surface area contributed by atoms with E-state index in [0.29, 0.717) is 13.0 Å². The minimum Gasteiger partial charge on any atom is -0.353 e. The van der Waals surface area contributed by atoms with Crippen LogP contribution in [0.5, 0.6) is 0 Å². The minimum absolute atomic E-state index is 0. The lowest BCUT2D eigenvalue weighted by atomic mass is 10.2. The second-order valence-corrected chi connectivity index (χ2v) is 6.37. The summed E-state index contributed by atoms with van der Waals surface area (Å²) in [5.74, 6) is 0.877. The second kappa shape index (κ2) is 11.6. The van der Waals surface area contributed by atoms with Crippen LogP contribution in [0.4, 0.5) is 5.69 Å². The first kappa shape index (κ1) is 23.0. The number of nitrogens with one attached hydrogen (secondary N) is 2. The summed E-state index contributed by atoms with van der Waals surface area (Å²) in [5.41, 5.74) is 3.14. The van der Waals surface area contributed by atoms with Gasteiger partial charge in [0.15, 0.2) is 5.96 Å². The van der Waals surface area contributed by atoms with Crippen LogP contribution in [0, 0.1) is 0 Å². The van der Waals surface area contributed by atoms with Crippen molar-refractivity contribution in [2.45, 2.75) is 32.9 Å². The van der Waals surface area contributed by atoms with Crippen LogP contribution < -0.4 is 10.6 Å². The molecule has 0 aliphatic heterocycles. The Labute approximate surface area is 179 Å². The number of hydrogen-bond acceptors (Lipinski definition) is 2. The zero-order chi connectivity index (χ0) is 18.9. The number of aromatic nitrogens is 1. The van der Waals surface area contributed by atoms with E-state index in [9.17, 15) is 4.79 Å². The van der Waals surface area contributed by atoms with Crippen molar-refractivity contribution in [3.8, 4) is 0 Å². The molecule has 0 atom stereocenters. The number of nitrogens with zero attached hydrogens (tertiary/aromatic N) is 3. The maximum absolute atomic E-state index is 11.7. The number of aryl methyl sites for hydroxylation is 1.